The second-order valence-electron chi connectivity index (χ2n) is 4.72. The Kier molecular flexibility index (Phi) is 2.81. The fourth-order valence-electron chi connectivity index (χ4n) is 2.52. The van der Waals surface area contributed by atoms with Crippen LogP contribution in [0.5, 0.6) is 0 Å². The highest BCUT2D eigenvalue weighted by molar-refractivity contribution is 5.75. The molecule has 0 unspecified atom stereocenters. The van der Waals surface area contributed by atoms with E-state index in [4.69, 9.17) is 0 Å². The highest BCUT2D eigenvalue weighted by Gasteiger charge is 2.14. The van der Waals surface area contributed by atoms with Gasteiger partial charge >= 0.3 is 0 Å². The Bertz CT molecular complexity index is 514. The minimum atomic E-state index is -0.218. The van der Waals surface area contributed by atoms with Crippen LogP contribution in [0.25, 0.3) is 11.0 Å². The summed E-state index contributed by atoms with van der Waals surface area (Å²) in [6.45, 7) is 3.20. The van der Waals surface area contributed by atoms with Crippen LogP contribution in [0.3, 0.4) is 0 Å². The maximum Gasteiger partial charge on any atom is 0.125 e. The number of imidazole rings is 1. The number of hydrogen-bond acceptors (Lipinski definition) is 2. The molecule has 0 atom stereocenters. The van der Waals surface area contributed by atoms with Crippen LogP contribution in [-0.4, -0.2) is 22.6 Å². The van der Waals surface area contributed by atoms with Crippen LogP contribution >= 0.6 is 0 Å². The number of halogens is 1. The third-order valence-electron chi connectivity index (χ3n) is 3.50. The molecule has 0 spiro atoms. The minimum Gasteiger partial charge on any atom is -0.330 e. The lowest BCUT2D eigenvalue weighted by Gasteiger charge is -2.23. The summed E-state index contributed by atoms with van der Waals surface area (Å²) >= 11 is 0. The SMILES string of the molecule is Fc1ccc2c(c1)ncn2CC1CCNCC1. The predicted octanol–water partition coefficient (Wildman–Crippen LogP) is 2.17. The molecule has 1 aliphatic rings. The molecule has 1 N–H and O–H groups in total. The van der Waals surface area contributed by atoms with Crippen molar-refractivity contribution in [3.05, 3.63) is 30.3 Å². The average Bonchev–Trinajstić information content (AvgIpc) is 2.73. The van der Waals surface area contributed by atoms with E-state index in [9.17, 15) is 4.39 Å². The number of rotatable bonds is 2. The summed E-state index contributed by atoms with van der Waals surface area (Å²) in [5.74, 6) is 0.489. The van der Waals surface area contributed by atoms with Crippen molar-refractivity contribution in [2.45, 2.75) is 19.4 Å². The van der Waals surface area contributed by atoms with E-state index >= 15 is 0 Å². The molecule has 0 amide bonds. The molecular formula is C13H16FN3. The summed E-state index contributed by atoms with van der Waals surface area (Å²) in [6.07, 6.45) is 4.24. The largest absolute Gasteiger partial charge is 0.330 e. The highest BCUT2D eigenvalue weighted by Crippen LogP contribution is 2.19. The van der Waals surface area contributed by atoms with Crippen molar-refractivity contribution in [1.82, 2.24) is 14.9 Å². The van der Waals surface area contributed by atoms with Crippen LogP contribution < -0.4 is 5.32 Å². The second kappa shape index (κ2) is 4.45. The molecule has 3 rings (SSSR count). The first kappa shape index (κ1) is 10.7. The lowest BCUT2D eigenvalue weighted by atomic mass is 9.98. The topological polar surface area (TPSA) is 29.9 Å². The molecule has 4 heteroatoms. The van der Waals surface area contributed by atoms with Gasteiger partial charge in [-0.05, 0) is 44.0 Å². The normalized spacial score (nSPS) is 17.7. The van der Waals surface area contributed by atoms with E-state index in [0.29, 0.717) is 5.92 Å². The Balaban J connectivity index is 1.84. The molecule has 2 heterocycles. The maximum absolute atomic E-state index is 13.0. The molecule has 1 fully saturated rings. The number of nitrogens with one attached hydrogen (secondary N) is 1. The number of benzene rings is 1. The Morgan fingerprint density at radius 2 is 2.18 bits per heavy atom. The van der Waals surface area contributed by atoms with E-state index in [1.54, 1.807) is 0 Å². The Morgan fingerprint density at radius 3 is 3.00 bits per heavy atom. The van der Waals surface area contributed by atoms with Gasteiger partial charge in [-0.15, -0.1) is 0 Å². The van der Waals surface area contributed by atoms with Crippen molar-refractivity contribution >= 4 is 11.0 Å². The van der Waals surface area contributed by atoms with Gasteiger partial charge in [-0.2, -0.15) is 0 Å². The van der Waals surface area contributed by atoms with Gasteiger partial charge in [-0.25, -0.2) is 9.37 Å². The Hall–Kier alpha value is -1.42. The standard InChI is InChI=1S/C13H16FN3/c14-11-1-2-13-12(7-11)16-9-17(13)8-10-3-5-15-6-4-10/h1-2,7,9-10,15H,3-6,8H2. The van der Waals surface area contributed by atoms with E-state index in [1.165, 1.54) is 25.0 Å². The van der Waals surface area contributed by atoms with Gasteiger partial charge in [0.25, 0.3) is 0 Å². The van der Waals surface area contributed by atoms with Gasteiger partial charge in [0.05, 0.1) is 17.4 Å². The van der Waals surface area contributed by atoms with Gasteiger partial charge in [0.1, 0.15) is 5.82 Å². The number of fused-ring (bicyclic) bond motifs is 1. The predicted molar refractivity (Wildman–Crippen MR) is 65.3 cm³/mol. The van der Waals surface area contributed by atoms with Crippen molar-refractivity contribution in [2.75, 3.05) is 13.1 Å². The summed E-state index contributed by atoms with van der Waals surface area (Å²) in [5, 5.41) is 3.36. The third kappa shape index (κ3) is 2.17. The van der Waals surface area contributed by atoms with Crippen LogP contribution in [0.4, 0.5) is 4.39 Å². The van der Waals surface area contributed by atoms with E-state index in [-0.39, 0.29) is 5.82 Å². The Labute approximate surface area is 99.7 Å². The molecule has 2 aromatic rings. The van der Waals surface area contributed by atoms with Gasteiger partial charge < -0.3 is 9.88 Å². The molecule has 1 aromatic carbocycles. The number of hydrogen-bond donors (Lipinski definition) is 1. The molecule has 1 aromatic heterocycles. The molecule has 1 saturated heterocycles. The quantitative estimate of drug-likeness (QED) is 0.861. The van der Waals surface area contributed by atoms with Gasteiger partial charge in [0, 0.05) is 12.6 Å². The zero-order chi connectivity index (χ0) is 11.7. The van der Waals surface area contributed by atoms with Crippen LogP contribution in [0.1, 0.15) is 12.8 Å². The van der Waals surface area contributed by atoms with Crippen molar-refractivity contribution in [2.24, 2.45) is 5.92 Å². The fourth-order valence-corrected chi connectivity index (χ4v) is 2.52. The summed E-state index contributed by atoms with van der Waals surface area (Å²) in [5.41, 5.74) is 1.78. The van der Waals surface area contributed by atoms with E-state index in [1.807, 2.05) is 12.4 Å². The average molecular weight is 233 g/mol. The second-order valence-corrected chi connectivity index (χ2v) is 4.72. The summed E-state index contributed by atoms with van der Waals surface area (Å²) < 4.78 is 15.2. The number of nitrogens with zero attached hydrogens (tertiary/aromatic N) is 2. The fraction of sp³-hybridized carbons (Fsp3) is 0.462. The zero-order valence-corrected chi connectivity index (χ0v) is 9.69. The van der Waals surface area contributed by atoms with Crippen LogP contribution in [0.2, 0.25) is 0 Å². The molecule has 0 radical (unpaired) electrons. The zero-order valence-electron chi connectivity index (χ0n) is 9.69. The first-order valence-corrected chi connectivity index (χ1v) is 6.14. The summed E-state index contributed by atoms with van der Waals surface area (Å²) in [7, 11) is 0. The molecule has 90 valence electrons. The first-order valence-electron chi connectivity index (χ1n) is 6.14. The van der Waals surface area contributed by atoms with Gasteiger partial charge in [-0.1, -0.05) is 0 Å². The molecule has 0 aliphatic carbocycles. The first-order chi connectivity index (χ1) is 8.33. The monoisotopic (exact) mass is 233 g/mol. The Morgan fingerprint density at radius 1 is 1.35 bits per heavy atom. The van der Waals surface area contributed by atoms with Crippen molar-refractivity contribution in [1.29, 1.82) is 0 Å². The molecular weight excluding hydrogens is 217 g/mol. The summed E-state index contributed by atoms with van der Waals surface area (Å²) in [4.78, 5) is 4.25. The minimum absolute atomic E-state index is 0.218. The smallest absolute Gasteiger partial charge is 0.125 e. The van der Waals surface area contributed by atoms with Gasteiger partial charge in [-0.3, -0.25) is 0 Å². The molecule has 0 bridgehead atoms. The summed E-state index contributed by atoms with van der Waals surface area (Å²) in [6, 6.07) is 4.82. The molecule has 1 aliphatic heterocycles. The highest BCUT2D eigenvalue weighted by atomic mass is 19.1. The lowest BCUT2D eigenvalue weighted by Crippen LogP contribution is -2.29. The number of piperidine rings is 1. The third-order valence-corrected chi connectivity index (χ3v) is 3.50. The molecule has 3 nitrogen and oxygen atoms in total. The van der Waals surface area contributed by atoms with E-state index in [0.717, 1.165) is 30.7 Å². The van der Waals surface area contributed by atoms with Crippen molar-refractivity contribution in [3.63, 3.8) is 0 Å². The number of aromatic nitrogens is 2. The lowest BCUT2D eigenvalue weighted by molar-refractivity contribution is 0.336. The van der Waals surface area contributed by atoms with Gasteiger partial charge in [0.2, 0.25) is 0 Å². The van der Waals surface area contributed by atoms with Crippen molar-refractivity contribution < 1.29 is 4.39 Å². The van der Waals surface area contributed by atoms with E-state index < -0.39 is 0 Å². The molecule has 17 heavy (non-hydrogen) atoms. The van der Waals surface area contributed by atoms with Crippen molar-refractivity contribution in [3.8, 4) is 0 Å². The van der Waals surface area contributed by atoms with Crippen LogP contribution in [0, 0.1) is 11.7 Å². The van der Waals surface area contributed by atoms with Crippen LogP contribution in [0.15, 0.2) is 24.5 Å². The van der Waals surface area contributed by atoms with Crippen LogP contribution in [-0.2, 0) is 6.54 Å². The van der Waals surface area contributed by atoms with Gasteiger partial charge in [0.15, 0.2) is 0 Å². The van der Waals surface area contributed by atoms with E-state index in [2.05, 4.69) is 14.9 Å². The molecule has 0 saturated carbocycles. The maximum atomic E-state index is 13.0.